The minimum Gasteiger partial charge on any atom is -0.333 e. The van der Waals surface area contributed by atoms with E-state index in [4.69, 9.17) is 11.6 Å². The SMILES string of the molecule is O=C(c1cc2ccccc2s1)N1CCc2sc(Cl)cc2C1. The number of nitrogens with zero attached hydrogens (tertiary/aromatic N) is 1. The zero-order valence-corrected chi connectivity index (χ0v) is 13.5. The van der Waals surface area contributed by atoms with Crippen molar-refractivity contribution >= 4 is 50.3 Å². The minimum absolute atomic E-state index is 0.129. The van der Waals surface area contributed by atoms with Crippen LogP contribution in [0.5, 0.6) is 0 Å². The first-order chi connectivity index (χ1) is 10.2. The molecule has 0 fully saturated rings. The number of amides is 1. The summed E-state index contributed by atoms with van der Waals surface area (Å²) in [7, 11) is 0. The molecule has 0 N–H and O–H groups in total. The Morgan fingerprint density at radius 2 is 2.05 bits per heavy atom. The monoisotopic (exact) mass is 333 g/mol. The molecule has 2 nitrogen and oxygen atoms in total. The topological polar surface area (TPSA) is 20.3 Å². The number of hydrogen-bond donors (Lipinski definition) is 0. The second kappa shape index (κ2) is 5.13. The fourth-order valence-electron chi connectivity index (χ4n) is 2.71. The van der Waals surface area contributed by atoms with E-state index in [2.05, 4.69) is 12.1 Å². The predicted octanol–water partition coefficient (Wildman–Crippen LogP) is 4.81. The van der Waals surface area contributed by atoms with Crippen LogP contribution in [0, 0.1) is 0 Å². The molecule has 0 saturated carbocycles. The van der Waals surface area contributed by atoms with Crippen LogP contribution >= 0.6 is 34.3 Å². The van der Waals surface area contributed by atoms with Crippen LogP contribution < -0.4 is 0 Å². The van der Waals surface area contributed by atoms with E-state index < -0.39 is 0 Å². The normalized spacial score (nSPS) is 14.4. The molecule has 0 atom stereocenters. The van der Waals surface area contributed by atoms with Crippen LogP contribution in [0.15, 0.2) is 36.4 Å². The van der Waals surface area contributed by atoms with Crippen LogP contribution in [-0.4, -0.2) is 17.4 Å². The zero-order chi connectivity index (χ0) is 14.4. The van der Waals surface area contributed by atoms with Gasteiger partial charge in [0.15, 0.2) is 0 Å². The molecule has 0 saturated heterocycles. The number of carbonyl (C=O) groups excluding carboxylic acids is 1. The van der Waals surface area contributed by atoms with Gasteiger partial charge in [-0.25, -0.2) is 0 Å². The van der Waals surface area contributed by atoms with Gasteiger partial charge in [-0.15, -0.1) is 22.7 Å². The number of benzene rings is 1. The van der Waals surface area contributed by atoms with Gasteiger partial charge in [0.05, 0.1) is 9.21 Å². The van der Waals surface area contributed by atoms with Gasteiger partial charge in [0.1, 0.15) is 0 Å². The smallest absolute Gasteiger partial charge is 0.264 e. The Hall–Kier alpha value is -1.36. The van der Waals surface area contributed by atoms with Gasteiger partial charge in [0, 0.05) is 22.7 Å². The molecule has 3 heterocycles. The largest absolute Gasteiger partial charge is 0.333 e. The third-order valence-corrected chi connectivity index (χ3v) is 6.23. The number of carbonyl (C=O) groups is 1. The Morgan fingerprint density at radius 3 is 2.90 bits per heavy atom. The van der Waals surface area contributed by atoms with Crippen molar-refractivity contribution < 1.29 is 4.79 Å². The van der Waals surface area contributed by atoms with Gasteiger partial charge < -0.3 is 4.90 Å². The quantitative estimate of drug-likeness (QED) is 0.625. The Balaban J connectivity index is 1.63. The molecule has 0 bridgehead atoms. The summed E-state index contributed by atoms with van der Waals surface area (Å²) in [6.45, 7) is 1.45. The van der Waals surface area contributed by atoms with Gasteiger partial charge in [0.25, 0.3) is 5.91 Å². The molecule has 1 amide bonds. The molecule has 0 aliphatic carbocycles. The lowest BCUT2D eigenvalue weighted by molar-refractivity contribution is 0.0741. The van der Waals surface area contributed by atoms with Gasteiger partial charge in [-0.3, -0.25) is 4.79 Å². The fourth-order valence-corrected chi connectivity index (χ4v) is 5.04. The van der Waals surface area contributed by atoms with Crippen molar-refractivity contribution in [1.82, 2.24) is 4.90 Å². The maximum atomic E-state index is 12.7. The highest BCUT2D eigenvalue weighted by atomic mass is 35.5. The molecule has 2 aromatic heterocycles. The van der Waals surface area contributed by atoms with E-state index >= 15 is 0 Å². The Bertz CT molecular complexity index is 803. The number of rotatable bonds is 1. The molecule has 0 unspecified atom stereocenters. The van der Waals surface area contributed by atoms with E-state index in [9.17, 15) is 4.79 Å². The fraction of sp³-hybridized carbons (Fsp3) is 0.188. The lowest BCUT2D eigenvalue weighted by Crippen LogP contribution is -2.34. The minimum atomic E-state index is 0.129. The van der Waals surface area contributed by atoms with Gasteiger partial charge in [-0.1, -0.05) is 29.8 Å². The molecule has 1 aliphatic heterocycles. The van der Waals surface area contributed by atoms with E-state index in [1.165, 1.54) is 10.4 Å². The number of halogens is 1. The van der Waals surface area contributed by atoms with E-state index in [0.29, 0.717) is 6.54 Å². The third kappa shape index (κ3) is 2.37. The number of fused-ring (bicyclic) bond motifs is 2. The summed E-state index contributed by atoms with van der Waals surface area (Å²) in [5, 5.41) is 1.14. The van der Waals surface area contributed by atoms with Gasteiger partial charge in [-0.05, 0) is 35.6 Å². The summed E-state index contributed by atoms with van der Waals surface area (Å²) < 4.78 is 1.98. The molecule has 3 aromatic rings. The summed E-state index contributed by atoms with van der Waals surface area (Å²) >= 11 is 9.27. The van der Waals surface area contributed by atoms with Gasteiger partial charge >= 0.3 is 0 Å². The molecular formula is C16H12ClNOS2. The second-order valence-corrected chi connectivity index (χ2v) is 7.98. The number of thiophene rings is 2. The van der Waals surface area contributed by atoms with Crippen LogP contribution in [0.1, 0.15) is 20.1 Å². The van der Waals surface area contributed by atoms with Crippen LogP contribution in [0.3, 0.4) is 0 Å². The molecule has 1 aromatic carbocycles. The molecule has 1 aliphatic rings. The van der Waals surface area contributed by atoms with Crippen molar-refractivity contribution in [2.75, 3.05) is 6.54 Å². The molecule has 0 radical (unpaired) electrons. The first-order valence-electron chi connectivity index (χ1n) is 6.75. The predicted molar refractivity (Wildman–Crippen MR) is 89.6 cm³/mol. The highest BCUT2D eigenvalue weighted by Gasteiger charge is 2.24. The third-order valence-electron chi connectivity index (χ3n) is 3.76. The summed E-state index contributed by atoms with van der Waals surface area (Å²) in [5.41, 5.74) is 1.20. The Labute approximate surface area is 135 Å². The zero-order valence-electron chi connectivity index (χ0n) is 11.1. The average molecular weight is 334 g/mol. The Morgan fingerprint density at radius 1 is 1.19 bits per heavy atom. The number of hydrogen-bond acceptors (Lipinski definition) is 3. The molecule has 5 heteroatoms. The lowest BCUT2D eigenvalue weighted by Gasteiger charge is -2.26. The summed E-state index contributed by atoms with van der Waals surface area (Å²) in [6, 6.07) is 12.1. The maximum Gasteiger partial charge on any atom is 0.264 e. The van der Waals surface area contributed by atoms with Crippen molar-refractivity contribution in [1.29, 1.82) is 0 Å². The summed E-state index contributed by atoms with van der Waals surface area (Å²) in [4.78, 5) is 16.8. The van der Waals surface area contributed by atoms with Crippen molar-refractivity contribution in [3.05, 3.63) is 56.1 Å². The Kier molecular flexibility index (Phi) is 3.25. The highest BCUT2D eigenvalue weighted by Crippen LogP contribution is 2.33. The van der Waals surface area contributed by atoms with E-state index in [1.807, 2.05) is 29.2 Å². The van der Waals surface area contributed by atoms with Gasteiger partial charge in [0.2, 0.25) is 0 Å². The maximum absolute atomic E-state index is 12.7. The molecule has 21 heavy (non-hydrogen) atoms. The van der Waals surface area contributed by atoms with Crippen molar-refractivity contribution in [3.8, 4) is 0 Å². The molecule has 0 spiro atoms. The second-order valence-electron chi connectivity index (χ2n) is 5.12. The summed E-state index contributed by atoms with van der Waals surface area (Å²) in [6.07, 6.45) is 0.906. The summed E-state index contributed by atoms with van der Waals surface area (Å²) in [5.74, 6) is 0.129. The standard InChI is InChI=1S/C16H12ClNOS2/c17-15-8-11-9-18(6-5-13(11)21-15)16(19)14-7-10-3-1-2-4-12(10)20-14/h1-4,7-8H,5-6,9H2. The first-order valence-corrected chi connectivity index (χ1v) is 8.77. The average Bonchev–Trinajstić information content (AvgIpc) is 3.07. The lowest BCUT2D eigenvalue weighted by atomic mass is 10.1. The molecular weight excluding hydrogens is 322 g/mol. The van der Waals surface area contributed by atoms with E-state index in [0.717, 1.165) is 32.3 Å². The van der Waals surface area contributed by atoms with Crippen LogP contribution in [0.2, 0.25) is 4.34 Å². The van der Waals surface area contributed by atoms with Crippen LogP contribution in [0.4, 0.5) is 0 Å². The van der Waals surface area contributed by atoms with Crippen molar-refractivity contribution in [3.63, 3.8) is 0 Å². The van der Waals surface area contributed by atoms with Crippen LogP contribution in [0.25, 0.3) is 10.1 Å². The highest BCUT2D eigenvalue weighted by molar-refractivity contribution is 7.20. The van der Waals surface area contributed by atoms with Crippen LogP contribution in [-0.2, 0) is 13.0 Å². The van der Waals surface area contributed by atoms with Crippen molar-refractivity contribution in [2.45, 2.75) is 13.0 Å². The molecule has 106 valence electrons. The molecule has 4 rings (SSSR count). The van der Waals surface area contributed by atoms with E-state index in [-0.39, 0.29) is 5.91 Å². The first kappa shape index (κ1) is 13.3. The van der Waals surface area contributed by atoms with E-state index in [1.54, 1.807) is 22.7 Å². The van der Waals surface area contributed by atoms with Gasteiger partial charge in [-0.2, -0.15) is 0 Å². The van der Waals surface area contributed by atoms with Crippen molar-refractivity contribution in [2.24, 2.45) is 0 Å².